The van der Waals surface area contributed by atoms with Crippen molar-refractivity contribution in [1.82, 2.24) is 9.97 Å². The van der Waals surface area contributed by atoms with Gasteiger partial charge in [0.25, 0.3) is 23.6 Å². The number of para-hydroxylation sites is 2. The largest absolute Gasteiger partial charge is 0.478 e. The normalized spacial score (nSPS) is 10.8. The number of thioether (sulfide) groups is 1. The number of carbonyl (C=O) groups is 6. The van der Waals surface area contributed by atoms with E-state index in [4.69, 9.17) is 10.5 Å². The van der Waals surface area contributed by atoms with Gasteiger partial charge < -0.3 is 41.4 Å². The maximum atomic E-state index is 12.9. The fraction of sp³-hybridized carbons (Fsp3) is 0.0588. The van der Waals surface area contributed by atoms with Gasteiger partial charge in [-0.05, 0) is 103 Å². The molecule has 0 aliphatic rings. The summed E-state index contributed by atoms with van der Waals surface area (Å²) in [4.78, 5) is 81.4. The van der Waals surface area contributed by atoms with Crippen LogP contribution in [0.15, 0.2) is 143 Å². The van der Waals surface area contributed by atoms with Crippen molar-refractivity contribution in [1.29, 1.82) is 10.5 Å². The molecule has 0 atom stereocenters. The lowest BCUT2D eigenvalue weighted by Gasteiger charge is -2.10. The zero-order valence-corrected chi connectivity index (χ0v) is 38.9. The molecule has 4 amide bonds. The second-order valence-electron chi connectivity index (χ2n) is 15.3. The molecule has 8 rings (SSSR count). The molecule has 354 valence electrons. The molecule has 6 aromatic carbocycles. The highest BCUT2D eigenvalue weighted by Crippen LogP contribution is 2.29. The number of nitrogens with zero attached hydrogens (tertiary/aromatic N) is 2. The molecule has 0 fully saturated rings. The number of benzene rings is 6. The first-order valence-electron chi connectivity index (χ1n) is 21.0. The summed E-state index contributed by atoms with van der Waals surface area (Å²) in [5.74, 6) is -3.76. The van der Waals surface area contributed by atoms with Crippen LogP contribution < -0.4 is 21.3 Å². The van der Waals surface area contributed by atoms with Crippen LogP contribution in [0.3, 0.4) is 0 Å². The van der Waals surface area contributed by atoms with Crippen molar-refractivity contribution in [3.05, 3.63) is 178 Å². The van der Waals surface area contributed by atoms with Gasteiger partial charge in [-0.1, -0.05) is 43.3 Å². The summed E-state index contributed by atoms with van der Waals surface area (Å²) in [6.07, 6.45) is 1.01. The summed E-state index contributed by atoms with van der Waals surface area (Å²) >= 11 is 1.69. The molecule has 0 unspecified atom stereocenters. The summed E-state index contributed by atoms with van der Waals surface area (Å²) in [6.45, 7) is 2.06. The minimum atomic E-state index is -3.65. The number of carboxylic acids is 2. The number of aromatic carboxylic acids is 2. The minimum Gasteiger partial charge on any atom is -0.478 e. The van der Waals surface area contributed by atoms with Gasteiger partial charge >= 0.3 is 11.9 Å². The first-order chi connectivity index (χ1) is 34.0. The number of sulfone groups is 1. The molecule has 0 aliphatic heterocycles. The highest BCUT2D eigenvalue weighted by atomic mass is 32.2. The Kier molecular flexibility index (Phi) is 14.8. The van der Waals surface area contributed by atoms with E-state index in [1.807, 2.05) is 24.3 Å². The third-order valence-corrected chi connectivity index (χ3v) is 12.6. The molecule has 8 N–H and O–H groups in total. The first kappa shape index (κ1) is 49.4. The Labute approximate surface area is 408 Å². The molecule has 0 bridgehead atoms. The molecule has 2 aromatic heterocycles. The van der Waals surface area contributed by atoms with E-state index in [0.717, 1.165) is 23.0 Å². The SMILES string of the molecule is CCSc1ccc(C(=O)Nc2cccc3cc(C(=O)Nc4ccc(C#N)cc4C(=O)O)[nH]c23)cc1.CS(=O)(=O)c1ccccc1C(=O)Nc1cccc2cc(C(=O)Nc3ccc(C#N)cc3C(=O)O)[nH]c12. The Balaban J connectivity index is 0.000000209. The van der Waals surface area contributed by atoms with E-state index in [2.05, 4.69) is 38.2 Å². The van der Waals surface area contributed by atoms with Gasteiger partial charge in [-0.3, -0.25) is 19.2 Å². The maximum absolute atomic E-state index is 12.9. The summed E-state index contributed by atoms with van der Waals surface area (Å²) in [7, 11) is -3.65. The molecule has 0 aliphatic carbocycles. The fourth-order valence-corrected chi connectivity index (χ4v) is 8.72. The van der Waals surface area contributed by atoms with E-state index in [1.54, 1.807) is 72.4 Å². The van der Waals surface area contributed by atoms with Crippen LogP contribution in [0.4, 0.5) is 22.7 Å². The van der Waals surface area contributed by atoms with Crippen molar-refractivity contribution in [2.24, 2.45) is 0 Å². The number of nitrogens with one attached hydrogen (secondary N) is 6. The van der Waals surface area contributed by atoms with Gasteiger partial charge in [0, 0.05) is 27.5 Å². The number of amides is 4. The topological polar surface area (TPSA) is 304 Å². The van der Waals surface area contributed by atoms with Crippen molar-refractivity contribution < 1.29 is 47.4 Å². The molecule has 0 saturated carbocycles. The predicted octanol–water partition coefficient (Wildman–Crippen LogP) is 9.00. The monoisotopic (exact) mass is 986 g/mol. The Hall–Kier alpha value is -9.50. The quantitative estimate of drug-likeness (QED) is 0.0501. The average Bonchev–Trinajstić information content (AvgIpc) is 4.01. The molecule has 71 heavy (non-hydrogen) atoms. The Morgan fingerprint density at radius 1 is 0.549 bits per heavy atom. The van der Waals surface area contributed by atoms with Crippen LogP contribution in [0.25, 0.3) is 21.8 Å². The van der Waals surface area contributed by atoms with Gasteiger partial charge in [0.05, 0.1) is 78.6 Å². The zero-order valence-electron chi connectivity index (χ0n) is 37.3. The van der Waals surface area contributed by atoms with Crippen LogP contribution in [-0.2, 0) is 9.84 Å². The van der Waals surface area contributed by atoms with Crippen LogP contribution >= 0.6 is 11.8 Å². The van der Waals surface area contributed by atoms with Gasteiger partial charge in [0.15, 0.2) is 9.84 Å². The molecule has 18 nitrogen and oxygen atoms in total. The van der Waals surface area contributed by atoms with Gasteiger partial charge in [-0.15, -0.1) is 11.8 Å². The van der Waals surface area contributed by atoms with E-state index < -0.39 is 39.5 Å². The van der Waals surface area contributed by atoms with E-state index in [0.29, 0.717) is 38.7 Å². The third-order valence-electron chi connectivity index (χ3n) is 10.5. The van der Waals surface area contributed by atoms with Gasteiger partial charge in [-0.2, -0.15) is 10.5 Å². The number of H-pyrrole nitrogens is 2. The number of carbonyl (C=O) groups excluding carboxylic acids is 4. The van der Waals surface area contributed by atoms with Gasteiger partial charge in [0.2, 0.25) is 0 Å². The summed E-state index contributed by atoms with van der Waals surface area (Å²) in [5.41, 5.74) is 2.49. The summed E-state index contributed by atoms with van der Waals surface area (Å²) in [6, 6.07) is 38.1. The van der Waals surface area contributed by atoms with Crippen molar-refractivity contribution in [2.45, 2.75) is 16.7 Å². The Morgan fingerprint density at radius 2 is 1.01 bits per heavy atom. The van der Waals surface area contributed by atoms with E-state index in [1.165, 1.54) is 54.6 Å². The summed E-state index contributed by atoms with van der Waals surface area (Å²) in [5, 5.41) is 48.8. The van der Waals surface area contributed by atoms with Gasteiger partial charge in [0.1, 0.15) is 11.4 Å². The van der Waals surface area contributed by atoms with E-state index >= 15 is 0 Å². The maximum Gasteiger partial charge on any atom is 0.337 e. The van der Waals surface area contributed by atoms with E-state index in [9.17, 15) is 47.4 Å². The lowest BCUT2D eigenvalue weighted by atomic mass is 10.1. The number of hydrogen-bond acceptors (Lipinski definition) is 11. The van der Waals surface area contributed by atoms with Gasteiger partial charge in [-0.25, -0.2) is 18.0 Å². The molecule has 0 spiro atoms. The number of fused-ring (bicyclic) bond motifs is 2. The van der Waals surface area contributed by atoms with Crippen LogP contribution in [0, 0.1) is 22.7 Å². The van der Waals surface area contributed by atoms with Crippen LogP contribution in [-0.4, -0.2) is 76.2 Å². The Morgan fingerprint density at radius 3 is 1.46 bits per heavy atom. The fourth-order valence-electron chi connectivity index (χ4n) is 7.18. The lowest BCUT2D eigenvalue weighted by molar-refractivity contribution is 0.0687. The second-order valence-corrected chi connectivity index (χ2v) is 18.6. The van der Waals surface area contributed by atoms with Crippen molar-refractivity contribution in [2.75, 3.05) is 33.3 Å². The predicted molar refractivity (Wildman–Crippen MR) is 267 cm³/mol. The number of aromatic nitrogens is 2. The number of aromatic amines is 2. The Bertz CT molecular complexity index is 3660. The smallest absolute Gasteiger partial charge is 0.337 e. The van der Waals surface area contributed by atoms with E-state index in [-0.39, 0.29) is 61.4 Å². The zero-order chi connectivity index (χ0) is 51.0. The molecule has 20 heteroatoms. The number of anilines is 4. The molecular formula is C51H38N8O10S2. The molecule has 0 saturated heterocycles. The van der Waals surface area contributed by atoms with Crippen molar-refractivity contribution >= 4 is 102 Å². The number of rotatable bonds is 13. The first-order valence-corrected chi connectivity index (χ1v) is 23.9. The van der Waals surface area contributed by atoms with Crippen LogP contribution in [0.1, 0.15) is 80.5 Å². The van der Waals surface area contributed by atoms with Crippen molar-refractivity contribution in [3.63, 3.8) is 0 Å². The third kappa shape index (κ3) is 11.4. The van der Waals surface area contributed by atoms with Crippen molar-refractivity contribution in [3.8, 4) is 12.1 Å². The highest BCUT2D eigenvalue weighted by molar-refractivity contribution is 7.99. The molecule has 2 heterocycles. The molecule has 8 aromatic rings. The lowest BCUT2D eigenvalue weighted by Crippen LogP contribution is -2.16. The number of hydrogen-bond donors (Lipinski definition) is 8. The highest BCUT2D eigenvalue weighted by Gasteiger charge is 2.22. The van der Waals surface area contributed by atoms with Crippen LogP contribution in [0.2, 0.25) is 0 Å². The standard InChI is InChI=1S/C26H20N4O4S.C25H18N4O6S/c1-2-35-18-9-7-16(8-10-18)24(31)30-21-5-3-4-17-13-22(28-23(17)21)25(32)29-20-11-6-15(14-27)12-19(20)26(33)34;1-36(34,35)21-8-3-2-6-16(21)23(30)29-19-7-4-5-15-12-20(27-22(15)19)24(31)28-18-10-9-14(13-26)11-17(18)25(32)33/h3-13,28H,2H2,1H3,(H,29,32)(H,30,31)(H,33,34);2-12,27H,1H3,(H,28,31)(H,29,30)(H,32,33). The minimum absolute atomic E-state index is 0.0102. The number of nitriles is 2. The van der Waals surface area contributed by atoms with Crippen LogP contribution in [0.5, 0.6) is 0 Å². The second kappa shape index (κ2) is 21.2. The number of carboxylic acid groups (broad SMARTS) is 2. The average molecular weight is 987 g/mol. The molecular weight excluding hydrogens is 949 g/mol. The molecule has 0 radical (unpaired) electrons. The summed E-state index contributed by atoms with van der Waals surface area (Å²) < 4.78 is 24.1.